The molecule has 10 heteroatoms. The summed E-state index contributed by atoms with van der Waals surface area (Å²) in [7, 11) is 1.28. The van der Waals surface area contributed by atoms with E-state index in [2.05, 4.69) is 25.1 Å². The van der Waals surface area contributed by atoms with E-state index in [1.807, 2.05) is 19.9 Å². The zero-order valence-electron chi connectivity index (χ0n) is 16.9. The van der Waals surface area contributed by atoms with E-state index >= 15 is 0 Å². The molecule has 0 radical (unpaired) electrons. The molecular formula is C20H20ClN5O4. The second-order valence-corrected chi connectivity index (χ2v) is 6.91. The number of ether oxygens (including phenoxy) is 2. The van der Waals surface area contributed by atoms with Gasteiger partial charge in [0.1, 0.15) is 11.6 Å². The summed E-state index contributed by atoms with van der Waals surface area (Å²) in [6, 6.07) is 7.97. The molecule has 0 saturated heterocycles. The second kappa shape index (κ2) is 8.91. The van der Waals surface area contributed by atoms with Crippen LogP contribution >= 0.6 is 11.6 Å². The number of carbonyl (C=O) groups is 2. The Morgan fingerprint density at radius 2 is 1.77 bits per heavy atom. The monoisotopic (exact) mass is 429 g/mol. The van der Waals surface area contributed by atoms with Crippen LogP contribution in [0.15, 0.2) is 30.3 Å². The van der Waals surface area contributed by atoms with Gasteiger partial charge in [0.05, 0.1) is 23.4 Å². The van der Waals surface area contributed by atoms with E-state index in [9.17, 15) is 9.59 Å². The Kier molecular flexibility index (Phi) is 6.31. The van der Waals surface area contributed by atoms with E-state index in [1.165, 1.54) is 30.0 Å². The van der Waals surface area contributed by atoms with Gasteiger partial charge in [-0.15, -0.1) is 0 Å². The summed E-state index contributed by atoms with van der Waals surface area (Å²) in [6.07, 6.45) is 0. The number of benzene rings is 1. The summed E-state index contributed by atoms with van der Waals surface area (Å²) in [5.41, 5.74) is 2.55. The molecule has 0 spiro atoms. The fourth-order valence-corrected chi connectivity index (χ4v) is 2.96. The lowest BCUT2D eigenvalue weighted by Gasteiger charge is -2.11. The molecule has 0 fully saturated rings. The number of hydrogen-bond acceptors (Lipinski definition) is 7. The third-order valence-electron chi connectivity index (χ3n) is 3.97. The number of nitrogens with one attached hydrogen (secondary N) is 1. The van der Waals surface area contributed by atoms with Crippen LogP contribution in [-0.4, -0.2) is 45.3 Å². The number of amides is 1. The number of carbonyl (C=O) groups excluding carboxylic acids is 2. The van der Waals surface area contributed by atoms with Crippen LogP contribution in [0.4, 0.5) is 5.82 Å². The molecule has 1 aromatic carbocycles. The van der Waals surface area contributed by atoms with Gasteiger partial charge in [-0.05, 0) is 45.0 Å². The fourth-order valence-electron chi connectivity index (χ4n) is 2.73. The van der Waals surface area contributed by atoms with E-state index in [0.29, 0.717) is 17.5 Å². The first-order valence-electron chi connectivity index (χ1n) is 8.96. The number of nitrogens with zero attached hydrogens (tertiary/aromatic N) is 4. The molecule has 0 aliphatic rings. The van der Waals surface area contributed by atoms with Gasteiger partial charge in [0.2, 0.25) is 0 Å². The van der Waals surface area contributed by atoms with Gasteiger partial charge >= 0.3 is 5.97 Å². The lowest BCUT2D eigenvalue weighted by molar-refractivity contribution is -0.118. The number of methoxy groups -OCH3 is 1. The van der Waals surface area contributed by atoms with Crippen LogP contribution in [0.25, 0.3) is 5.95 Å². The summed E-state index contributed by atoms with van der Waals surface area (Å²) in [4.78, 5) is 32.7. The molecule has 30 heavy (non-hydrogen) atoms. The Balaban J connectivity index is 1.71. The SMILES string of the molecule is COC(=O)c1ccc(OCC(=O)Nc2cc(C)nn2-c2nc(C)cc(C)n2)c(Cl)c1. The minimum absolute atomic E-state index is 0.190. The highest BCUT2D eigenvalue weighted by Gasteiger charge is 2.15. The van der Waals surface area contributed by atoms with Crippen LogP contribution in [0.3, 0.4) is 0 Å². The highest BCUT2D eigenvalue weighted by Crippen LogP contribution is 2.26. The van der Waals surface area contributed by atoms with Crippen molar-refractivity contribution in [3.63, 3.8) is 0 Å². The lowest BCUT2D eigenvalue weighted by atomic mass is 10.2. The number of esters is 1. The molecule has 3 rings (SSSR count). The summed E-state index contributed by atoms with van der Waals surface area (Å²) in [6.45, 7) is 5.22. The Morgan fingerprint density at radius 3 is 2.40 bits per heavy atom. The molecule has 156 valence electrons. The van der Waals surface area contributed by atoms with Gasteiger partial charge < -0.3 is 14.8 Å². The second-order valence-electron chi connectivity index (χ2n) is 6.51. The maximum atomic E-state index is 12.4. The average molecular weight is 430 g/mol. The first-order valence-corrected chi connectivity index (χ1v) is 9.34. The van der Waals surface area contributed by atoms with Crippen LogP contribution in [0.5, 0.6) is 5.75 Å². The molecule has 0 atom stereocenters. The first-order chi connectivity index (χ1) is 14.3. The molecule has 0 aliphatic carbocycles. The summed E-state index contributed by atoms with van der Waals surface area (Å²) in [5.74, 6) is 0.102. The Labute approximate surface area is 178 Å². The molecule has 1 amide bonds. The Hall–Kier alpha value is -3.46. The van der Waals surface area contributed by atoms with Gasteiger partial charge in [-0.1, -0.05) is 11.6 Å². The molecule has 2 aromatic heterocycles. The number of anilines is 1. The van der Waals surface area contributed by atoms with Crippen molar-refractivity contribution < 1.29 is 19.1 Å². The van der Waals surface area contributed by atoms with Gasteiger partial charge in [0, 0.05) is 17.5 Å². The van der Waals surface area contributed by atoms with Crippen molar-refractivity contribution in [3.05, 3.63) is 58.0 Å². The van der Waals surface area contributed by atoms with Crippen LogP contribution < -0.4 is 10.1 Å². The topological polar surface area (TPSA) is 108 Å². The molecule has 3 aromatic rings. The van der Waals surface area contributed by atoms with Crippen LogP contribution in [0, 0.1) is 20.8 Å². The van der Waals surface area contributed by atoms with E-state index in [0.717, 1.165) is 11.4 Å². The van der Waals surface area contributed by atoms with Crippen molar-refractivity contribution >= 4 is 29.3 Å². The number of halogens is 1. The number of aryl methyl sites for hydroxylation is 3. The Bertz CT molecular complexity index is 1090. The van der Waals surface area contributed by atoms with Gasteiger partial charge in [-0.2, -0.15) is 9.78 Å². The molecule has 0 bridgehead atoms. The number of aromatic nitrogens is 4. The van der Waals surface area contributed by atoms with Crippen LogP contribution in [-0.2, 0) is 9.53 Å². The van der Waals surface area contributed by atoms with Crippen molar-refractivity contribution in [2.24, 2.45) is 0 Å². The molecule has 0 saturated carbocycles. The maximum Gasteiger partial charge on any atom is 0.337 e. The molecule has 1 N–H and O–H groups in total. The largest absolute Gasteiger partial charge is 0.482 e. The summed E-state index contributed by atoms with van der Waals surface area (Å²) in [5, 5.41) is 7.28. The Morgan fingerprint density at radius 1 is 1.07 bits per heavy atom. The molecule has 9 nitrogen and oxygen atoms in total. The third-order valence-corrected chi connectivity index (χ3v) is 4.27. The first kappa shape index (κ1) is 21.3. The molecule has 0 aliphatic heterocycles. The third kappa shape index (κ3) is 4.93. The average Bonchev–Trinajstić information content (AvgIpc) is 3.05. The van der Waals surface area contributed by atoms with Crippen LogP contribution in [0.2, 0.25) is 5.02 Å². The van der Waals surface area contributed by atoms with Crippen molar-refractivity contribution in [1.29, 1.82) is 0 Å². The van der Waals surface area contributed by atoms with Crippen molar-refractivity contribution in [2.45, 2.75) is 20.8 Å². The summed E-state index contributed by atoms with van der Waals surface area (Å²) < 4.78 is 11.6. The molecule has 0 unspecified atom stereocenters. The highest BCUT2D eigenvalue weighted by atomic mass is 35.5. The predicted molar refractivity (Wildman–Crippen MR) is 110 cm³/mol. The number of hydrogen-bond donors (Lipinski definition) is 1. The fraction of sp³-hybridized carbons (Fsp3) is 0.250. The maximum absolute atomic E-state index is 12.4. The lowest BCUT2D eigenvalue weighted by Crippen LogP contribution is -2.22. The summed E-state index contributed by atoms with van der Waals surface area (Å²) >= 11 is 6.12. The minimum atomic E-state index is -0.515. The highest BCUT2D eigenvalue weighted by molar-refractivity contribution is 6.32. The van der Waals surface area contributed by atoms with E-state index in [1.54, 1.807) is 13.0 Å². The van der Waals surface area contributed by atoms with E-state index in [4.69, 9.17) is 16.3 Å². The van der Waals surface area contributed by atoms with E-state index in [-0.39, 0.29) is 22.9 Å². The molecule has 2 heterocycles. The smallest absolute Gasteiger partial charge is 0.337 e. The predicted octanol–water partition coefficient (Wildman–Crippen LogP) is 3.05. The van der Waals surface area contributed by atoms with Gasteiger partial charge in [-0.3, -0.25) is 4.79 Å². The van der Waals surface area contributed by atoms with Gasteiger partial charge in [-0.25, -0.2) is 14.8 Å². The number of rotatable bonds is 6. The van der Waals surface area contributed by atoms with E-state index < -0.39 is 11.9 Å². The normalized spacial score (nSPS) is 10.6. The zero-order valence-corrected chi connectivity index (χ0v) is 17.6. The van der Waals surface area contributed by atoms with Crippen molar-refractivity contribution in [2.75, 3.05) is 19.0 Å². The standard InChI is InChI=1S/C20H20ClN5O4/c1-11-7-12(2)23-20(22-11)26-17(8-13(3)25-26)24-18(27)10-30-16-6-5-14(9-15(16)21)19(28)29-4/h5-9H,10H2,1-4H3,(H,24,27). The van der Waals surface area contributed by atoms with Crippen molar-refractivity contribution in [3.8, 4) is 11.7 Å². The van der Waals surface area contributed by atoms with Gasteiger partial charge in [0.15, 0.2) is 6.61 Å². The quantitative estimate of drug-likeness (QED) is 0.600. The molecular weight excluding hydrogens is 410 g/mol. The van der Waals surface area contributed by atoms with Gasteiger partial charge in [0.25, 0.3) is 11.9 Å². The van der Waals surface area contributed by atoms with Crippen molar-refractivity contribution in [1.82, 2.24) is 19.7 Å². The zero-order chi connectivity index (χ0) is 21.8. The van der Waals surface area contributed by atoms with Crippen LogP contribution in [0.1, 0.15) is 27.4 Å². The minimum Gasteiger partial charge on any atom is -0.482 e.